The molecular formula is C19H23FN4O2. The smallest absolute Gasteiger partial charge is 0.405 e. The first-order valence-corrected chi connectivity index (χ1v) is 8.51. The van der Waals surface area contributed by atoms with Crippen molar-refractivity contribution in [2.45, 2.75) is 45.7 Å². The van der Waals surface area contributed by atoms with Crippen molar-refractivity contribution in [3.05, 3.63) is 42.1 Å². The fourth-order valence-electron chi connectivity index (χ4n) is 3.14. The van der Waals surface area contributed by atoms with E-state index in [1.165, 1.54) is 6.07 Å². The number of nitrogens with zero attached hydrogens (tertiary/aromatic N) is 2. The third-order valence-electron chi connectivity index (χ3n) is 4.37. The van der Waals surface area contributed by atoms with Gasteiger partial charge in [0.15, 0.2) is 0 Å². The molecule has 0 radical (unpaired) electrons. The Bertz CT molecular complexity index is 956. The van der Waals surface area contributed by atoms with E-state index in [0.717, 1.165) is 22.1 Å². The fourth-order valence-corrected chi connectivity index (χ4v) is 3.14. The van der Waals surface area contributed by atoms with Crippen LogP contribution >= 0.6 is 0 Å². The maximum Gasteiger partial charge on any atom is 0.405 e. The standard InChI is InChI=1S/C19H23FN4O2/c1-11(2)24-10-14(9-22-24)12-5-15-13(7-19(3,4)23-18(25)26)8-21-17(15)16(20)6-12/h5-6,8-11,21,23H,7H2,1-4H3,(H,25,26). The van der Waals surface area contributed by atoms with E-state index < -0.39 is 11.6 Å². The highest BCUT2D eigenvalue weighted by Crippen LogP contribution is 2.30. The number of nitrogens with one attached hydrogen (secondary N) is 2. The highest BCUT2D eigenvalue weighted by atomic mass is 19.1. The minimum absolute atomic E-state index is 0.225. The lowest BCUT2D eigenvalue weighted by molar-refractivity contribution is 0.182. The maximum absolute atomic E-state index is 14.6. The van der Waals surface area contributed by atoms with Gasteiger partial charge in [0.2, 0.25) is 0 Å². The molecule has 2 heterocycles. The van der Waals surface area contributed by atoms with E-state index in [9.17, 15) is 9.18 Å². The number of hydrogen-bond donors (Lipinski definition) is 3. The molecule has 0 atom stereocenters. The Kier molecular flexibility index (Phi) is 4.48. The summed E-state index contributed by atoms with van der Waals surface area (Å²) in [5.74, 6) is -0.343. The number of benzene rings is 1. The second-order valence-electron chi connectivity index (χ2n) is 7.49. The first kappa shape index (κ1) is 18.0. The summed E-state index contributed by atoms with van der Waals surface area (Å²) < 4.78 is 16.4. The van der Waals surface area contributed by atoms with Crippen molar-refractivity contribution in [1.29, 1.82) is 0 Å². The van der Waals surface area contributed by atoms with E-state index in [4.69, 9.17) is 5.11 Å². The number of hydrogen-bond acceptors (Lipinski definition) is 2. The monoisotopic (exact) mass is 358 g/mol. The Morgan fingerprint density at radius 2 is 2.12 bits per heavy atom. The zero-order chi connectivity index (χ0) is 19.1. The number of aromatic amines is 1. The van der Waals surface area contributed by atoms with Crippen molar-refractivity contribution in [3.63, 3.8) is 0 Å². The minimum atomic E-state index is -1.08. The molecule has 1 aromatic carbocycles. The zero-order valence-electron chi connectivity index (χ0n) is 15.3. The summed E-state index contributed by atoms with van der Waals surface area (Å²) in [6, 6.07) is 3.64. The predicted octanol–water partition coefficient (Wildman–Crippen LogP) is 4.34. The summed E-state index contributed by atoms with van der Waals surface area (Å²) in [6.45, 7) is 7.66. The van der Waals surface area contributed by atoms with Crippen LogP contribution in [0.3, 0.4) is 0 Å². The molecule has 3 aromatic rings. The summed E-state index contributed by atoms with van der Waals surface area (Å²) in [6.07, 6.45) is 4.72. The molecule has 0 aliphatic heterocycles. The van der Waals surface area contributed by atoms with E-state index >= 15 is 0 Å². The van der Waals surface area contributed by atoms with Gasteiger partial charge in [0.1, 0.15) is 5.82 Å². The van der Waals surface area contributed by atoms with Crippen LogP contribution in [-0.2, 0) is 6.42 Å². The van der Waals surface area contributed by atoms with Crippen LogP contribution in [-0.4, -0.2) is 31.5 Å². The van der Waals surface area contributed by atoms with Crippen molar-refractivity contribution in [1.82, 2.24) is 20.1 Å². The van der Waals surface area contributed by atoms with Crippen molar-refractivity contribution < 1.29 is 14.3 Å². The van der Waals surface area contributed by atoms with E-state index in [-0.39, 0.29) is 11.9 Å². The molecular weight excluding hydrogens is 335 g/mol. The average Bonchev–Trinajstić information content (AvgIpc) is 3.13. The Morgan fingerprint density at radius 3 is 2.73 bits per heavy atom. The lowest BCUT2D eigenvalue weighted by Crippen LogP contribution is -2.44. The van der Waals surface area contributed by atoms with Gasteiger partial charge in [-0.2, -0.15) is 5.10 Å². The summed E-state index contributed by atoms with van der Waals surface area (Å²) in [5.41, 5.74) is 2.19. The molecule has 0 spiro atoms. The first-order valence-electron chi connectivity index (χ1n) is 8.51. The maximum atomic E-state index is 14.6. The molecule has 0 fully saturated rings. The van der Waals surface area contributed by atoms with E-state index in [1.54, 1.807) is 26.2 Å². The minimum Gasteiger partial charge on any atom is -0.465 e. The molecule has 0 aliphatic carbocycles. The molecule has 3 N–H and O–H groups in total. The molecule has 0 saturated heterocycles. The predicted molar refractivity (Wildman–Crippen MR) is 98.8 cm³/mol. The van der Waals surface area contributed by atoms with Crippen LogP contribution in [0, 0.1) is 5.82 Å². The molecule has 26 heavy (non-hydrogen) atoms. The lowest BCUT2D eigenvalue weighted by Gasteiger charge is -2.24. The van der Waals surface area contributed by atoms with Gasteiger partial charge >= 0.3 is 6.09 Å². The highest BCUT2D eigenvalue weighted by Gasteiger charge is 2.23. The molecule has 138 valence electrons. The highest BCUT2D eigenvalue weighted by molar-refractivity contribution is 5.88. The van der Waals surface area contributed by atoms with Crippen LogP contribution in [0.25, 0.3) is 22.0 Å². The van der Waals surface area contributed by atoms with Crippen LogP contribution in [0.4, 0.5) is 9.18 Å². The third kappa shape index (κ3) is 3.56. The molecule has 6 nitrogen and oxygen atoms in total. The fraction of sp³-hybridized carbons (Fsp3) is 0.368. The first-order chi connectivity index (χ1) is 12.2. The molecule has 0 aliphatic rings. The van der Waals surface area contributed by atoms with Gasteiger partial charge in [0, 0.05) is 34.9 Å². The average molecular weight is 358 g/mol. The topological polar surface area (TPSA) is 82.9 Å². The van der Waals surface area contributed by atoms with E-state index in [1.807, 2.05) is 30.8 Å². The van der Waals surface area contributed by atoms with Gasteiger partial charge in [-0.15, -0.1) is 0 Å². The number of carboxylic acid groups (broad SMARTS) is 1. The number of amides is 1. The van der Waals surface area contributed by atoms with Crippen LogP contribution in [0.2, 0.25) is 0 Å². The normalized spacial score (nSPS) is 12.1. The quantitative estimate of drug-likeness (QED) is 0.634. The lowest BCUT2D eigenvalue weighted by atomic mass is 9.94. The van der Waals surface area contributed by atoms with Gasteiger partial charge in [0.25, 0.3) is 0 Å². The molecule has 0 unspecified atom stereocenters. The second-order valence-corrected chi connectivity index (χ2v) is 7.49. The van der Waals surface area contributed by atoms with Gasteiger partial charge in [-0.05, 0) is 57.4 Å². The summed E-state index contributed by atoms with van der Waals surface area (Å²) in [4.78, 5) is 13.9. The molecule has 0 bridgehead atoms. The number of carbonyl (C=O) groups is 1. The van der Waals surface area contributed by atoms with Gasteiger partial charge < -0.3 is 15.4 Å². The molecule has 0 saturated carbocycles. The number of H-pyrrole nitrogens is 1. The Hall–Kier alpha value is -2.83. The van der Waals surface area contributed by atoms with Crippen molar-refractivity contribution in [3.8, 4) is 11.1 Å². The van der Waals surface area contributed by atoms with Gasteiger partial charge in [-0.3, -0.25) is 4.68 Å². The molecule has 7 heteroatoms. The Morgan fingerprint density at radius 1 is 1.38 bits per heavy atom. The van der Waals surface area contributed by atoms with Crippen molar-refractivity contribution in [2.75, 3.05) is 0 Å². The largest absolute Gasteiger partial charge is 0.465 e. The van der Waals surface area contributed by atoms with Gasteiger partial charge in [-0.25, -0.2) is 9.18 Å². The number of halogens is 1. The van der Waals surface area contributed by atoms with Crippen LogP contribution < -0.4 is 5.32 Å². The SMILES string of the molecule is CC(C)n1cc(-c2cc(F)c3[nH]cc(CC(C)(C)NC(=O)O)c3c2)cn1. The Balaban J connectivity index is 2.02. The second kappa shape index (κ2) is 6.48. The summed E-state index contributed by atoms with van der Waals surface area (Å²) in [7, 11) is 0. The molecule has 1 amide bonds. The van der Waals surface area contributed by atoms with Crippen molar-refractivity contribution >= 4 is 17.0 Å². The van der Waals surface area contributed by atoms with Crippen LogP contribution in [0.15, 0.2) is 30.7 Å². The molecule has 2 aromatic heterocycles. The van der Waals surface area contributed by atoms with Gasteiger partial charge in [-0.1, -0.05) is 0 Å². The van der Waals surface area contributed by atoms with Crippen LogP contribution in [0.5, 0.6) is 0 Å². The third-order valence-corrected chi connectivity index (χ3v) is 4.37. The number of fused-ring (bicyclic) bond motifs is 1. The zero-order valence-corrected chi connectivity index (χ0v) is 15.3. The van der Waals surface area contributed by atoms with E-state index in [2.05, 4.69) is 15.4 Å². The Labute approximate surface area is 151 Å². The summed E-state index contributed by atoms with van der Waals surface area (Å²) >= 11 is 0. The number of aromatic nitrogens is 3. The molecule has 3 rings (SSSR count). The number of rotatable bonds is 5. The summed E-state index contributed by atoms with van der Waals surface area (Å²) in [5, 5.41) is 16.5. The van der Waals surface area contributed by atoms with E-state index in [0.29, 0.717) is 11.9 Å². The van der Waals surface area contributed by atoms with Crippen molar-refractivity contribution in [2.24, 2.45) is 0 Å². The van der Waals surface area contributed by atoms with Gasteiger partial charge in [0.05, 0.1) is 11.7 Å². The van der Waals surface area contributed by atoms with Crippen LogP contribution in [0.1, 0.15) is 39.3 Å².